The van der Waals surface area contributed by atoms with Crippen LogP contribution in [0.2, 0.25) is 5.28 Å². The fraction of sp³-hybridized carbons (Fsp3) is 0.700. The van der Waals surface area contributed by atoms with Crippen LogP contribution < -0.4 is 4.90 Å². The van der Waals surface area contributed by atoms with Gasteiger partial charge in [0.05, 0.1) is 0 Å². The van der Waals surface area contributed by atoms with E-state index in [1.165, 1.54) is 24.6 Å². The molecule has 2 heterocycles. The molecule has 1 N–H and O–H groups in total. The second-order valence-electron chi connectivity index (χ2n) is 3.81. The number of aliphatic hydroxyl groups is 1. The molecule has 0 amide bonds. The second kappa shape index (κ2) is 6.37. The van der Waals surface area contributed by atoms with Crippen LogP contribution in [0.4, 0.5) is 5.95 Å². The Labute approximate surface area is 110 Å². The SMILES string of the molecule is OCCCSc1nc(Cl)nc(N2CCCC2)n1. The first-order valence-corrected chi connectivity index (χ1v) is 7.06. The highest BCUT2D eigenvalue weighted by atomic mass is 35.5. The molecule has 1 aromatic heterocycles. The average Bonchev–Trinajstić information content (AvgIpc) is 2.82. The van der Waals surface area contributed by atoms with Crippen LogP contribution in [0.3, 0.4) is 0 Å². The van der Waals surface area contributed by atoms with E-state index in [0.717, 1.165) is 25.3 Å². The first kappa shape index (κ1) is 12.9. The van der Waals surface area contributed by atoms with E-state index in [4.69, 9.17) is 16.7 Å². The van der Waals surface area contributed by atoms with Crippen molar-refractivity contribution in [3.8, 4) is 0 Å². The van der Waals surface area contributed by atoms with Gasteiger partial charge in [-0.25, -0.2) is 0 Å². The highest BCUT2D eigenvalue weighted by molar-refractivity contribution is 7.99. The molecule has 1 aliphatic rings. The summed E-state index contributed by atoms with van der Waals surface area (Å²) in [6, 6.07) is 0. The highest BCUT2D eigenvalue weighted by Crippen LogP contribution is 2.21. The monoisotopic (exact) mass is 274 g/mol. The summed E-state index contributed by atoms with van der Waals surface area (Å²) in [7, 11) is 0. The van der Waals surface area contributed by atoms with Crippen molar-refractivity contribution >= 4 is 29.3 Å². The normalized spacial score (nSPS) is 15.5. The molecule has 94 valence electrons. The molecule has 0 saturated carbocycles. The van der Waals surface area contributed by atoms with Gasteiger partial charge in [0.25, 0.3) is 0 Å². The molecular formula is C10H15ClN4OS. The van der Waals surface area contributed by atoms with Gasteiger partial charge in [0.1, 0.15) is 0 Å². The van der Waals surface area contributed by atoms with E-state index >= 15 is 0 Å². The van der Waals surface area contributed by atoms with Gasteiger partial charge >= 0.3 is 0 Å². The number of aromatic nitrogens is 3. The lowest BCUT2D eigenvalue weighted by atomic mass is 10.4. The van der Waals surface area contributed by atoms with Gasteiger partial charge in [-0.2, -0.15) is 15.0 Å². The third-order valence-corrected chi connectivity index (χ3v) is 3.60. The molecular weight excluding hydrogens is 260 g/mol. The largest absolute Gasteiger partial charge is 0.396 e. The van der Waals surface area contributed by atoms with E-state index in [-0.39, 0.29) is 11.9 Å². The van der Waals surface area contributed by atoms with Crippen LogP contribution in [-0.4, -0.2) is 45.5 Å². The summed E-state index contributed by atoms with van der Waals surface area (Å²) in [6.45, 7) is 2.16. The fourth-order valence-corrected chi connectivity index (χ4v) is 2.63. The van der Waals surface area contributed by atoms with Crippen LogP contribution in [0.1, 0.15) is 19.3 Å². The second-order valence-corrected chi connectivity index (χ2v) is 5.21. The van der Waals surface area contributed by atoms with Crippen LogP contribution in [0.15, 0.2) is 5.16 Å². The highest BCUT2D eigenvalue weighted by Gasteiger charge is 2.16. The van der Waals surface area contributed by atoms with Gasteiger partial charge in [0.15, 0.2) is 5.16 Å². The van der Waals surface area contributed by atoms with Crippen molar-refractivity contribution in [3.05, 3.63) is 5.28 Å². The Morgan fingerprint density at radius 2 is 2.00 bits per heavy atom. The fourth-order valence-electron chi connectivity index (χ4n) is 1.67. The molecule has 1 aliphatic heterocycles. The molecule has 0 aliphatic carbocycles. The van der Waals surface area contributed by atoms with Crippen molar-refractivity contribution in [1.82, 2.24) is 15.0 Å². The zero-order valence-electron chi connectivity index (χ0n) is 9.47. The quantitative estimate of drug-likeness (QED) is 0.650. The Balaban J connectivity index is 2.05. The molecule has 0 aromatic carbocycles. The van der Waals surface area contributed by atoms with E-state index in [0.29, 0.717) is 11.1 Å². The zero-order valence-corrected chi connectivity index (χ0v) is 11.0. The molecule has 1 aromatic rings. The Bertz CT molecular complexity index is 373. The van der Waals surface area contributed by atoms with Crippen molar-refractivity contribution in [1.29, 1.82) is 0 Å². The molecule has 0 atom stereocenters. The minimum atomic E-state index is 0.185. The number of thioether (sulfide) groups is 1. The summed E-state index contributed by atoms with van der Waals surface area (Å²) in [5.41, 5.74) is 0. The predicted molar refractivity (Wildman–Crippen MR) is 68.7 cm³/mol. The number of halogens is 1. The third kappa shape index (κ3) is 3.69. The molecule has 1 saturated heterocycles. The van der Waals surface area contributed by atoms with Crippen LogP contribution >= 0.6 is 23.4 Å². The number of aliphatic hydroxyl groups excluding tert-OH is 1. The number of hydrogen-bond donors (Lipinski definition) is 1. The minimum absolute atomic E-state index is 0.185. The van der Waals surface area contributed by atoms with Crippen molar-refractivity contribution < 1.29 is 5.11 Å². The molecule has 5 nitrogen and oxygen atoms in total. The van der Waals surface area contributed by atoms with E-state index < -0.39 is 0 Å². The predicted octanol–water partition coefficient (Wildman–Crippen LogP) is 1.60. The Morgan fingerprint density at radius 3 is 2.71 bits per heavy atom. The molecule has 0 spiro atoms. The maximum Gasteiger partial charge on any atom is 0.230 e. The Morgan fingerprint density at radius 1 is 1.24 bits per heavy atom. The van der Waals surface area contributed by atoms with Crippen molar-refractivity contribution in [2.45, 2.75) is 24.4 Å². The lowest BCUT2D eigenvalue weighted by molar-refractivity contribution is 0.296. The van der Waals surface area contributed by atoms with Crippen molar-refractivity contribution in [3.63, 3.8) is 0 Å². The minimum Gasteiger partial charge on any atom is -0.396 e. The van der Waals surface area contributed by atoms with Crippen LogP contribution in [0.25, 0.3) is 0 Å². The van der Waals surface area contributed by atoms with Gasteiger partial charge in [-0.1, -0.05) is 11.8 Å². The number of hydrogen-bond acceptors (Lipinski definition) is 6. The summed E-state index contributed by atoms with van der Waals surface area (Å²) < 4.78 is 0. The van der Waals surface area contributed by atoms with Gasteiger partial charge in [0, 0.05) is 25.4 Å². The summed E-state index contributed by atoms with van der Waals surface area (Å²) >= 11 is 7.39. The standard InChI is InChI=1S/C10H15ClN4OS/c11-8-12-9(15-4-1-2-5-15)14-10(13-8)17-7-3-6-16/h16H,1-7H2. The van der Waals surface area contributed by atoms with Gasteiger partial charge in [0.2, 0.25) is 11.2 Å². The average molecular weight is 275 g/mol. The van der Waals surface area contributed by atoms with Gasteiger partial charge in [-0.05, 0) is 30.9 Å². The van der Waals surface area contributed by atoms with E-state index in [1.54, 1.807) is 0 Å². The maximum atomic E-state index is 8.73. The van der Waals surface area contributed by atoms with Gasteiger partial charge in [-0.3, -0.25) is 0 Å². The summed E-state index contributed by atoms with van der Waals surface area (Å²) in [5.74, 6) is 1.46. The molecule has 0 unspecified atom stereocenters. The molecule has 0 bridgehead atoms. The Kier molecular flexibility index (Phi) is 4.82. The van der Waals surface area contributed by atoms with Crippen LogP contribution in [-0.2, 0) is 0 Å². The summed E-state index contributed by atoms with van der Waals surface area (Å²) in [4.78, 5) is 14.7. The van der Waals surface area contributed by atoms with Crippen LogP contribution in [0, 0.1) is 0 Å². The lowest BCUT2D eigenvalue weighted by Crippen LogP contribution is -2.21. The van der Waals surface area contributed by atoms with Crippen LogP contribution in [0.5, 0.6) is 0 Å². The summed E-state index contributed by atoms with van der Waals surface area (Å²) in [6.07, 6.45) is 3.08. The van der Waals surface area contributed by atoms with Crippen molar-refractivity contribution in [2.24, 2.45) is 0 Å². The smallest absolute Gasteiger partial charge is 0.230 e. The number of anilines is 1. The topological polar surface area (TPSA) is 62.1 Å². The van der Waals surface area contributed by atoms with E-state index in [1.807, 2.05) is 0 Å². The number of rotatable bonds is 5. The van der Waals surface area contributed by atoms with E-state index in [9.17, 15) is 0 Å². The van der Waals surface area contributed by atoms with E-state index in [2.05, 4.69) is 19.9 Å². The lowest BCUT2D eigenvalue weighted by Gasteiger charge is -2.15. The molecule has 7 heteroatoms. The number of nitrogens with zero attached hydrogens (tertiary/aromatic N) is 4. The van der Waals surface area contributed by atoms with Gasteiger partial charge in [-0.15, -0.1) is 0 Å². The molecule has 2 rings (SSSR count). The summed E-state index contributed by atoms with van der Waals surface area (Å²) in [5, 5.41) is 9.61. The van der Waals surface area contributed by atoms with Crippen molar-refractivity contribution in [2.75, 3.05) is 30.3 Å². The maximum absolute atomic E-state index is 8.73. The first-order valence-electron chi connectivity index (χ1n) is 5.70. The molecule has 0 radical (unpaired) electrons. The molecule has 17 heavy (non-hydrogen) atoms. The first-order chi connectivity index (χ1) is 8.29. The zero-order chi connectivity index (χ0) is 12.1. The molecule has 1 fully saturated rings. The third-order valence-electron chi connectivity index (χ3n) is 2.50. The van der Waals surface area contributed by atoms with Gasteiger partial charge < -0.3 is 10.0 Å². The Hall–Kier alpha value is -0.590.